The van der Waals surface area contributed by atoms with Crippen molar-refractivity contribution in [1.29, 1.82) is 0 Å². The molecule has 4 heterocycles. The molecule has 4 rings (SSSR count). The van der Waals surface area contributed by atoms with Crippen LogP contribution in [-0.2, 0) is 6.54 Å². The predicted octanol–water partition coefficient (Wildman–Crippen LogP) is 3.40. The number of aromatic nitrogens is 7. The first-order chi connectivity index (χ1) is 14.7. The number of fused-ring (bicyclic) bond motifs is 2. The van der Waals surface area contributed by atoms with Crippen LogP contribution in [0.1, 0.15) is 6.92 Å². The number of H-pyrrole nitrogens is 1. The fraction of sp³-hybridized carbons (Fsp3) is 0.353. The molecular weight excluding hydrogens is 427 g/mol. The minimum absolute atomic E-state index is 0.0132. The minimum Gasteiger partial charge on any atom is -0.480 e. The number of rotatable bonds is 6. The summed E-state index contributed by atoms with van der Waals surface area (Å²) in [5.41, 5.74) is 1.53. The molecule has 0 saturated heterocycles. The summed E-state index contributed by atoms with van der Waals surface area (Å²) in [6.07, 6.45) is -5.60. The summed E-state index contributed by atoms with van der Waals surface area (Å²) in [5.74, 6) is -0.260. The van der Waals surface area contributed by atoms with Gasteiger partial charge < -0.3 is 15.0 Å². The van der Waals surface area contributed by atoms with Crippen molar-refractivity contribution in [1.82, 2.24) is 34.9 Å². The number of ether oxygens (including phenoxy) is 1. The van der Waals surface area contributed by atoms with Crippen molar-refractivity contribution in [2.45, 2.75) is 32.1 Å². The number of pyridine rings is 1. The summed E-state index contributed by atoms with van der Waals surface area (Å²) in [7, 11) is 1.31. The lowest BCUT2D eigenvalue weighted by molar-refractivity contribution is -0.138. The zero-order valence-electron chi connectivity index (χ0n) is 16.1. The van der Waals surface area contributed by atoms with Crippen LogP contribution < -0.4 is 10.1 Å². The molecule has 0 fully saturated rings. The lowest BCUT2D eigenvalue weighted by Crippen LogP contribution is -2.33. The van der Waals surface area contributed by atoms with E-state index in [-0.39, 0.29) is 23.1 Å². The monoisotopic (exact) mass is 442 g/mol. The van der Waals surface area contributed by atoms with Gasteiger partial charge >= 0.3 is 6.18 Å². The number of anilines is 1. The molecule has 4 aromatic rings. The zero-order chi connectivity index (χ0) is 22.3. The molecule has 0 bridgehead atoms. The second kappa shape index (κ2) is 7.59. The molecule has 9 nitrogen and oxygen atoms in total. The number of hydrogen-bond donors (Lipinski definition) is 2. The topological polar surface area (TPSA) is 106 Å². The van der Waals surface area contributed by atoms with Crippen molar-refractivity contribution >= 4 is 28.1 Å². The van der Waals surface area contributed by atoms with Crippen LogP contribution in [0.5, 0.6) is 5.88 Å². The summed E-state index contributed by atoms with van der Waals surface area (Å²) < 4.78 is 70.3. The van der Waals surface area contributed by atoms with E-state index in [0.717, 1.165) is 11.6 Å². The highest BCUT2D eigenvalue weighted by Gasteiger charge is 2.36. The van der Waals surface area contributed by atoms with E-state index in [0.29, 0.717) is 22.2 Å². The highest BCUT2D eigenvalue weighted by molar-refractivity contribution is 5.97. The Hall–Kier alpha value is -3.58. The molecule has 164 valence electrons. The maximum absolute atomic E-state index is 12.8. The number of alkyl halides is 5. The molecule has 0 spiro atoms. The van der Waals surface area contributed by atoms with Gasteiger partial charge in [-0.3, -0.25) is 0 Å². The van der Waals surface area contributed by atoms with E-state index in [1.807, 2.05) is 0 Å². The zero-order valence-corrected chi connectivity index (χ0v) is 16.1. The van der Waals surface area contributed by atoms with Gasteiger partial charge in [0.1, 0.15) is 23.8 Å². The van der Waals surface area contributed by atoms with E-state index in [1.54, 1.807) is 12.1 Å². The Kier molecular flexibility index (Phi) is 5.07. The molecule has 0 unspecified atom stereocenters. The van der Waals surface area contributed by atoms with Crippen molar-refractivity contribution in [3.8, 4) is 17.1 Å². The first-order valence-electron chi connectivity index (χ1n) is 8.92. The third kappa shape index (κ3) is 3.92. The number of aromatic amines is 1. The maximum atomic E-state index is 12.8. The smallest absolute Gasteiger partial charge is 0.408 e. The van der Waals surface area contributed by atoms with Crippen LogP contribution in [0, 0.1) is 0 Å². The fourth-order valence-corrected chi connectivity index (χ4v) is 2.95. The van der Waals surface area contributed by atoms with Gasteiger partial charge in [-0.1, -0.05) is 5.21 Å². The number of nitrogens with zero attached hydrogens (tertiary/aromatic N) is 6. The van der Waals surface area contributed by atoms with E-state index >= 15 is 0 Å². The Labute approximate surface area is 170 Å². The molecule has 0 aromatic carbocycles. The summed E-state index contributed by atoms with van der Waals surface area (Å²) in [5, 5.41) is 10.0. The SMILES string of the molecule is COc1nc(N[C@H](C)C(F)(F)F)nc2[nH]cc(-c3ccc4nnn(CC(F)F)c4n3)c12. The standard InChI is InChI=1S/C17H15F5N8O/c1-7(17(20,21)22)24-16-26-13-12(15(27-16)31-2)8(5-23-13)9-3-4-10-14(25-9)30(29-28-10)6-11(18)19/h3-5,7,11H,6H2,1-2H3,(H2,23,24,26,27)/t7-/m1/s1. The second-order valence-electron chi connectivity index (χ2n) is 6.59. The Balaban J connectivity index is 1.78. The van der Waals surface area contributed by atoms with Crippen LogP contribution in [0.15, 0.2) is 18.3 Å². The average Bonchev–Trinajstić information content (AvgIpc) is 3.30. The predicted molar refractivity (Wildman–Crippen MR) is 99.9 cm³/mol. The lowest BCUT2D eigenvalue weighted by atomic mass is 10.1. The number of halogens is 5. The molecule has 0 saturated carbocycles. The third-order valence-electron chi connectivity index (χ3n) is 4.47. The van der Waals surface area contributed by atoms with E-state index in [4.69, 9.17) is 4.74 Å². The summed E-state index contributed by atoms with van der Waals surface area (Å²) in [6.45, 7) is 0.273. The van der Waals surface area contributed by atoms with Crippen molar-refractivity contribution in [3.05, 3.63) is 18.3 Å². The average molecular weight is 442 g/mol. The van der Waals surface area contributed by atoms with Crippen molar-refractivity contribution in [2.24, 2.45) is 0 Å². The molecule has 2 N–H and O–H groups in total. The van der Waals surface area contributed by atoms with Gasteiger partial charge in [0.05, 0.1) is 18.2 Å². The normalized spacial score (nSPS) is 13.3. The Morgan fingerprint density at radius 3 is 2.65 bits per heavy atom. The van der Waals surface area contributed by atoms with Crippen molar-refractivity contribution in [2.75, 3.05) is 12.4 Å². The molecule has 0 radical (unpaired) electrons. The van der Waals surface area contributed by atoms with Gasteiger partial charge in [0.15, 0.2) is 5.65 Å². The Bertz CT molecular complexity index is 1230. The quantitative estimate of drug-likeness (QED) is 0.441. The van der Waals surface area contributed by atoms with Gasteiger partial charge in [0, 0.05) is 11.8 Å². The lowest BCUT2D eigenvalue weighted by Gasteiger charge is -2.17. The molecule has 31 heavy (non-hydrogen) atoms. The van der Waals surface area contributed by atoms with Gasteiger partial charge in [0.2, 0.25) is 11.8 Å². The van der Waals surface area contributed by atoms with Crippen LogP contribution in [-0.4, -0.2) is 60.7 Å². The Morgan fingerprint density at radius 2 is 1.97 bits per heavy atom. The van der Waals surface area contributed by atoms with E-state index in [2.05, 4.69) is 35.6 Å². The highest BCUT2D eigenvalue weighted by atomic mass is 19.4. The highest BCUT2D eigenvalue weighted by Crippen LogP contribution is 2.34. The van der Waals surface area contributed by atoms with Crippen LogP contribution >= 0.6 is 0 Å². The minimum atomic E-state index is -4.49. The molecule has 0 aliphatic carbocycles. The molecule has 0 aliphatic heterocycles. The molecule has 14 heteroatoms. The van der Waals surface area contributed by atoms with Gasteiger partial charge in [-0.15, -0.1) is 5.10 Å². The number of methoxy groups -OCH3 is 1. The molecular formula is C17H15F5N8O. The van der Waals surface area contributed by atoms with Gasteiger partial charge in [-0.25, -0.2) is 18.4 Å². The second-order valence-corrected chi connectivity index (χ2v) is 6.59. The first kappa shape index (κ1) is 20.7. The Morgan fingerprint density at radius 1 is 1.19 bits per heavy atom. The van der Waals surface area contributed by atoms with Gasteiger partial charge in [-0.05, 0) is 19.1 Å². The van der Waals surface area contributed by atoms with Crippen molar-refractivity contribution < 1.29 is 26.7 Å². The summed E-state index contributed by atoms with van der Waals surface area (Å²) in [4.78, 5) is 15.3. The first-order valence-corrected chi connectivity index (χ1v) is 8.92. The van der Waals surface area contributed by atoms with Gasteiger partial charge in [0.25, 0.3) is 6.43 Å². The summed E-state index contributed by atoms with van der Waals surface area (Å²) in [6, 6.07) is 1.29. The van der Waals surface area contributed by atoms with Crippen LogP contribution in [0.2, 0.25) is 0 Å². The molecule has 1 atom stereocenters. The van der Waals surface area contributed by atoms with E-state index in [9.17, 15) is 22.0 Å². The van der Waals surface area contributed by atoms with E-state index in [1.165, 1.54) is 13.3 Å². The third-order valence-corrected chi connectivity index (χ3v) is 4.47. The molecule has 0 amide bonds. The van der Waals surface area contributed by atoms with Gasteiger partial charge in [-0.2, -0.15) is 23.1 Å². The number of hydrogen-bond acceptors (Lipinski definition) is 7. The van der Waals surface area contributed by atoms with Crippen LogP contribution in [0.25, 0.3) is 33.5 Å². The van der Waals surface area contributed by atoms with E-state index < -0.39 is 25.2 Å². The van der Waals surface area contributed by atoms with Crippen LogP contribution in [0.3, 0.4) is 0 Å². The largest absolute Gasteiger partial charge is 0.480 e. The molecule has 4 aromatic heterocycles. The van der Waals surface area contributed by atoms with Crippen LogP contribution in [0.4, 0.5) is 27.9 Å². The summed E-state index contributed by atoms with van der Waals surface area (Å²) >= 11 is 0. The maximum Gasteiger partial charge on any atom is 0.408 e. The number of nitrogens with one attached hydrogen (secondary N) is 2. The molecule has 0 aliphatic rings. The fourth-order valence-electron chi connectivity index (χ4n) is 2.95. The van der Waals surface area contributed by atoms with Crippen molar-refractivity contribution in [3.63, 3.8) is 0 Å².